The van der Waals surface area contributed by atoms with E-state index in [1.165, 1.54) is 0 Å². The van der Waals surface area contributed by atoms with Gasteiger partial charge in [-0.3, -0.25) is 4.79 Å². The SMILES string of the molecule is O=C(NCc1cn2ccc(Cl)cc2n1)c1ccc(Br)o1. The molecule has 1 N–H and O–H groups in total. The zero-order valence-electron chi connectivity index (χ0n) is 10.1. The standard InChI is InChI=1S/C13H9BrClN3O2/c14-11-2-1-10(20-11)13(19)16-6-9-7-18-4-3-8(15)5-12(18)17-9/h1-5,7H,6H2,(H,16,19). The van der Waals surface area contributed by atoms with Crippen LogP contribution >= 0.6 is 27.5 Å². The van der Waals surface area contributed by atoms with Gasteiger partial charge in [0.25, 0.3) is 5.91 Å². The number of carbonyl (C=O) groups is 1. The molecule has 1 amide bonds. The van der Waals surface area contributed by atoms with Crippen LogP contribution in [0.25, 0.3) is 5.65 Å². The van der Waals surface area contributed by atoms with Gasteiger partial charge < -0.3 is 14.1 Å². The average molecular weight is 355 g/mol. The first-order chi connectivity index (χ1) is 9.61. The molecule has 102 valence electrons. The molecule has 0 aromatic carbocycles. The highest BCUT2D eigenvalue weighted by atomic mass is 79.9. The molecule has 0 spiro atoms. The van der Waals surface area contributed by atoms with Gasteiger partial charge in [-0.05, 0) is 40.2 Å². The topological polar surface area (TPSA) is 59.5 Å². The van der Waals surface area contributed by atoms with Crippen LogP contribution < -0.4 is 5.32 Å². The Bertz CT molecular complexity index is 781. The van der Waals surface area contributed by atoms with Crippen LogP contribution in [0.15, 0.2) is 45.7 Å². The first-order valence-corrected chi connectivity index (χ1v) is 6.95. The zero-order valence-corrected chi connectivity index (χ0v) is 12.5. The molecule has 0 aliphatic rings. The maximum absolute atomic E-state index is 11.8. The van der Waals surface area contributed by atoms with Gasteiger partial charge in [0.1, 0.15) is 5.65 Å². The Morgan fingerprint density at radius 1 is 1.45 bits per heavy atom. The molecule has 3 aromatic rings. The summed E-state index contributed by atoms with van der Waals surface area (Å²) in [5.74, 6) is -0.0329. The molecule has 3 aromatic heterocycles. The summed E-state index contributed by atoms with van der Waals surface area (Å²) in [5, 5.41) is 3.37. The number of nitrogens with one attached hydrogen (secondary N) is 1. The molecule has 0 saturated heterocycles. The van der Waals surface area contributed by atoms with Gasteiger partial charge in [0.05, 0.1) is 12.2 Å². The summed E-state index contributed by atoms with van der Waals surface area (Å²) in [6.45, 7) is 0.316. The third kappa shape index (κ3) is 2.71. The number of hydrogen-bond donors (Lipinski definition) is 1. The largest absolute Gasteiger partial charge is 0.444 e. The zero-order chi connectivity index (χ0) is 14.1. The summed E-state index contributed by atoms with van der Waals surface area (Å²) in [6.07, 6.45) is 3.66. The normalized spacial score (nSPS) is 10.9. The Morgan fingerprint density at radius 2 is 2.30 bits per heavy atom. The molecule has 5 nitrogen and oxygen atoms in total. The molecule has 0 fully saturated rings. The molecule has 0 unspecified atom stereocenters. The molecule has 3 heterocycles. The number of hydrogen-bond acceptors (Lipinski definition) is 3. The summed E-state index contributed by atoms with van der Waals surface area (Å²) < 4.78 is 7.53. The number of rotatable bonds is 3. The average Bonchev–Trinajstić information content (AvgIpc) is 3.01. The molecule has 7 heteroatoms. The minimum atomic E-state index is -0.286. The van der Waals surface area contributed by atoms with Gasteiger partial charge in [0, 0.05) is 17.4 Å². The van der Waals surface area contributed by atoms with Gasteiger partial charge in [-0.1, -0.05) is 11.6 Å². The van der Waals surface area contributed by atoms with Crippen molar-refractivity contribution < 1.29 is 9.21 Å². The summed E-state index contributed by atoms with van der Waals surface area (Å²) in [4.78, 5) is 16.2. The Balaban J connectivity index is 1.72. The number of fused-ring (bicyclic) bond motifs is 1. The monoisotopic (exact) mass is 353 g/mol. The third-order valence-electron chi connectivity index (χ3n) is 2.70. The fourth-order valence-corrected chi connectivity index (χ4v) is 2.25. The van der Waals surface area contributed by atoms with Crippen molar-refractivity contribution in [1.82, 2.24) is 14.7 Å². The minimum absolute atomic E-state index is 0.253. The van der Waals surface area contributed by atoms with Crippen molar-refractivity contribution in [2.24, 2.45) is 0 Å². The number of carbonyl (C=O) groups excluding carboxylic acids is 1. The predicted octanol–water partition coefficient (Wildman–Crippen LogP) is 3.27. The molecule has 0 radical (unpaired) electrons. The summed E-state index contributed by atoms with van der Waals surface area (Å²) in [6, 6.07) is 6.81. The van der Waals surface area contributed by atoms with Gasteiger partial charge in [0.2, 0.25) is 0 Å². The van der Waals surface area contributed by atoms with Crippen LogP contribution in [-0.2, 0) is 6.54 Å². The van der Waals surface area contributed by atoms with Crippen molar-refractivity contribution >= 4 is 39.1 Å². The Kier molecular flexibility index (Phi) is 3.50. The maximum Gasteiger partial charge on any atom is 0.287 e. The van der Waals surface area contributed by atoms with Gasteiger partial charge in [-0.25, -0.2) is 4.98 Å². The maximum atomic E-state index is 11.8. The Hall–Kier alpha value is -1.79. The highest BCUT2D eigenvalue weighted by Crippen LogP contribution is 2.14. The fourth-order valence-electron chi connectivity index (χ4n) is 1.79. The number of aromatic nitrogens is 2. The molecule has 20 heavy (non-hydrogen) atoms. The Morgan fingerprint density at radius 3 is 3.05 bits per heavy atom. The molecule has 0 aliphatic heterocycles. The van der Waals surface area contributed by atoms with Crippen LogP contribution in [0, 0.1) is 0 Å². The van der Waals surface area contributed by atoms with Crippen molar-refractivity contribution in [2.75, 3.05) is 0 Å². The van der Waals surface area contributed by atoms with E-state index in [1.54, 1.807) is 24.3 Å². The van der Waals surface area contributed by atoms with E-state index in [0.29, 0.717) is 16.2 Å². The van der Waals surface area contributed by atoms with Crippen molar-refractivity contribution in [1.29, 1.82) is 0 Å². The van der Waals surface area contributed by atoms with E-state index >= 15 is 0 Å². The number of halogens is 2. The van der Waals surface area contributed by atoms with E-state index in [-0.39, 0.29) is 11.7 Å². The van der Waals surface area contributed by atoms with E-state index in [2.05, 4.69) is 26.2 Å². The van der Waals surface area contributed by atoms with Gasteiger partial charge in [-0.15, -0.1) is 0 Å². The van der Waals surface area contributed by atoms with Crippen LogP contribution in [-0.4, -0.2) is 15.3 Å². The molecule has 0 saturated carbocycles. The second-order valence-electron chi connectivity index (χ2n) is 4.13. The smallest absolute Gasteiger partial charge is 0.287 e. The second-order valence-corrected chi connectivity index (χ2v) is 5.35. The van der Waals surface area contributed by atoms with Crippen molar-refractivity contribution in [2.45, 2.75) is 6.54 Å². The van der Waals surface area contributed by atoms with Gasteiger partial charge in [-0.2, -0.15) is 0 Å². The van der Waals surface area contributed by atoms with Crippen LogP contribution in [0.3, 0.4) is 0 Å². The van der Waals surface area contributed by atoms with Crippen molar-refractivity contribution in [3.05, 3.63) is 57.8 Å². The van der Waals surface area contributed by atoms with E-state index in [0.717, 1.165) is 11.3 Å². The molecule has 0 aliphatic carbocycles. The van der Waals surface area contributed by atoms with Crippen molar-refractivity contribution in [3.8, 4) is 0 Å². The van der Waals surface area contributed by atoms with Crippen molar-refractivity contribution in [3.63, 3.8) is 0 Å². The number of imidazole rings is 1. The molecule has 3 rings (SSSR count). The number of pyridine rings is 1. The minimum Gasteiger partial charge on any atom is -0.444 e. The highest BCUT2D eigenvalue weighted by molar-refractivity contribution is 9.10. The van der Waals surface area contributed by atoms with E-state index < -0.39 is 0 Å². The molecular formula is C13H9BrClN3O2. The predicted molar refractivity (Wildman–Crippen MR) is 77.8 cm³/mol. The lowest BCUT2D eigenvalue weighted by Gasteiger charge is -1.99. The third-order valence-corrected chi connectivity index (χ3v) is 3.36. The quantitative estimate of drug-likeness (QED) is 0.785. The van der Waals surface area contributed by atoms with Crippen LogP contribution in [0.2, 0.25) is 5.02 Å². The second kappa shape index (κ2) is 5.30. The Labute approximate surface area is 127 Å². The van der Waals surface area contributed by atoms with Gasteiger partial charge in [0.15, 0.2) is 10.4 Å². The highest BCUT2D eigenvalue weighted by Gasteiger charge is 2.11. The molecular weight excluding hydrogens is 346 g/mol. The summed E-state index contributed by atoms with van der Waals surface area (Å²) in [7, 11) is 0. The fraction of sp³-hybridized carbons (Fsp3) is 0.0769. The number of amides is 1. The van der Waals surface area contributed by atoms with E-state index in [9.17, 15) is 4.79 Å². The van der Waals surface area contributed by atoms with Crippen LogP contribution in [0.1, 0.15) is 16.2 Å². The van der Waals surface area contributed by atoms with Crippen LogP contribution in [0.5, 0.6) is 0 Å². The summed E-state index contributed by atoms with van der Waals surface area (Å²) >= 11 is 9.05. The van der Waals surface area contributed by atoms with Crippen LogP contribution in [0.4, 0.5) is 0 Å². The lowest BCUT2D eigenvalue weighted by atomic mass is 10.4. The summed E-state index contributed by atoms with van der Waals surface area (Å²) in [5.41, 5.74) is 1.48. The van der Waals surface area contributed by atoms with Gasteiger partial charge >= 0.3 is 0 Å². The van der Waals surface area contributed by atoms with E-state index in [1.807, 2.05) is 16.8 Å². The first kappa shape index (κ1) is 13.2. The molecule has 0 bridgehead atoms. The van der Waals surface area contributed by atoms with E-state index in [4.69, 9.17) is 16.0 Å². The number of furan rings is 1. The number of nitrogens with zero attached hydrogens (tertiary/aromatic N) is 2. The first-order valence-electron chi connectivity index (χ1n) is 5.78. The molecule has 0 atom stereocenters. The lowest BCUT2D eigenvalue weighted by Crippen LogP contribution is -2.22. The lowest BCUT2D eigenvalue weighted by molar-refractivity contribution is 0.0921.